The summed E-state index contributed by atoms with van der Waals surface area (Å²) in [6.45, 7) is -0.163. The van der Waals surface area contributed by atoms with Gasteiger partial charge in [0.25, 0.3) is 0 Å². The summed E-state index contributed by atoms with van der Waals surface area (Å²) in [4.78, 5) is 11.1. The molecule has 0 fully saturated rings. The highest BCUT2D eigenvalue weighted by molar-refractivity contribution is 5.87. The minimum Gasteiger partial charge on any atom is -0.476 e. The summed E-state index contributed by atoms with van der Waals surface area (Å²) in [6, 6.07) is 0.960. The van der Waals surface area contributed by atoms with E-state index in [9.17, 15) is 18.0 Å². The minimum absolute atomic E-state index is 0.163. The lowest BCUT2D eigenvalue weighted by molar-refractivity contribution is 0.0688. The SMILES string of the molecule is O=C(O)c1nn(-c2c(F)cc(F)cc2F)cc1CCCO. The molecule has 1 heterocycles. The van der Waals surface area contributed by atoms with Crippen molar-refractivity contribution in [2.45, 2.75) is 12.8 Å². The molecular weight excluding hydrogens is 289 g/mol. The van der Waals surface area contributed by atoms with Gasteiger partial charge in [-0.1, -0.05) is 0 Å². The zero-order valence-electron chi connectivity index (χ0n) is 10.7. The van der Waals surface area contributed by atoms with E-state index < -0.39 is 29.1 Å². The molecule has 1 aromatic carbocycles. The van der Waals surface area contributed by atoms with Gasteiger partial charge in [-0.05, 0) is 12.8 Å². The number of carboxylic acids is 1. The van der Waals surface area contributed by atoms with Crippen molar-refractivity contribution in [2.24, 2.45) is 0 Å². The third-order valence-electron chi connectivity index (χ3n) is 2.81. The van der Waals surface area contributed by atoms with E-state index in [1.54, 1.807) is 0 Å². The van der Waals surface area contributed by atoms with Crippen molar-refractivity contribution in [3.8, 4) is 5.69 Å². The number of benzene rings is 1. The lowest BCUT2D eigenvalue weighted by atomic mass is 10.1. The van der Waals surface area contributed by atoms with E-state index >= 15 is 0 Å². The fourth-order valence-electron chi connectivity index (χ4n) is 1.91. The van der Waals surface area contributed by atoms with Crippen LogP contribution in [0, 0.1) is 17.5 Å². The lowest BCUT2D eigenvalue weighted by Gasteiger charge is -2.04. The molecule has 0 atom stereocenters. The highest BCUT2D eigenvalue weighted by Crippen LogP contribution is 2.21. The molecule has 0 aliphatic carbocycles. The van der Waals surface area contributed by atoms with E-state index in [1.165, 1.54) is 0 Å². The molecule has 2 aromatic rings. The topological polar surface area (TPSA) is 75.3 Å². The fourth-order valence-corrected chi connectivity index (χ4v) is 1.91. The van der Waals surface area contributed by atoms with E-state index in [0.29, 0.717) is 12.1 Å². The Morgan fingerprint density at radius 2 is 1.86 bits per heavy atom. The molecule has 0 spiro atoms. The summed E-state index contributed by atoms with van der Waals surface area (Å²) in [6.07, 6.45) is 1.61. The monoisotopic (exact) mass is 300 g/mol. The Morgan fingerprint density at radius 1 is 1.24 bits per heavy atom. The van der Waals surface area contributed by atoms with Crippen LogP contribution in [0.15, 0.2) is 18.3 Å². The van der Waals surface area contributed by atoms with E-state index in [2.05, 4.69) is 5.10 Å². The maximum atomic E-state index is 13.7. The zero-order valence-corrected chi connectivity index (χ0v) is 10.7. The molecular formula is C13H11F3N2O3. The number of aliphatic hydroxyl groups excluding tert-OH is 1. The van der Waals surface area contributed by atoms with E-state index in [4.69, 9.17) is 10.2 Å². The number of halogens is 3. The van der Waals surface area contributed by atoms with Crippen molar-refractivity contribution >= 4 is 5.97 Å². The summed E-state index contributed by atoms with van der Waals surface area (Å²) in [7, 11) is 0. The molecule has 0 aliphatic heterocycles. The zero-order chi connectivity index (χ0) is 15.6. The number of hydrogen-bond donors (Lipinski definition) is 2. The van der Waals surface area contributed by atoms with Gasteiger partial charge in [0, 0.05) is 30.5 Å². The smallest absolute Gasteiger partial charge is 0.356 e. The Labute approximate surface area is 117 Å². The van der Waals surface area contributed by atoms with Crippen molar-refractivity contribution in [1.82, 2.24) is 9.78 Å². The number of aromatic nitrogens is 2. The van der Waals surface area contributed by atoms with Crippen LogP contribution in [0.4, 0.5) is 13.2 Å². The molecule has 5 nitrogen and oxygen atoms in total. The number of carboxylic acid groups (broad SMARTS) is 1. The van der Waals surface area contributed by atoms with Gasteiger partial charge >= 0.3 is 5.97 Å². The molecule has 0 saturated carbocycles. The Bertz CT molecular complexity index is 662. The first-order valence-corrected chi connectivity index (χ1v) is 6.01. The van der Waals surface area contributed by atoms with Crippen LogP contribution in [0.1, 0.15) is 22.5 Å². The maximum absolute atomic E-state index is 13.7. The molecule has 2 N–H and O–H groups in total. The van der Waals surface area contributed by atoms with Gasteiger partial charge in [-0.15, -0.1) is 0 Å². The Morgan fingerprint density at radius 3 is 2.38 bits per heavy atom. The fraction of sp³-hybridized carbons (Fsp3) is 0.231. The van der Waals surface area contributed by atoms with Crippen LogP contribution >= 0.6 is 0 Å². The van der Waals surface area contributed by atoms with Crippen LogP contribution in [0.5, 0.6) is 0 Å². The first kappa shape index (κ1) is 15.0. The van der Waals surface area contributed by atoms with E-state index in [1.807, 2.05) is 0 Å². The molecule has 0 bridgehead atoms. The van der Waals surface area contributed by atoms with Gasteiger partial charge in [0.05, 0.1) is 0 Å². The summed E-state index contributed by atoms with van der Waals surface area (Å²) < 4.78 is 40.9. The van der Waals surface area contributed by atoms with E-state index in [-0.39, 0.29) is 30.7 Å². The third kappa shape index (κ3) is 3.05. The lowest BCUT2D eigenvalue weighted by Crippen LogP contribution is -2.06. The van der Waals surface area contributed by atoms with E-state index in [0.717, 1.165) is 10.9 Å². The predicted molar refractivity (Wildman–Crippen MR) is 65.8 cm³/mol. The third-order valence-corrected chi connectivity index (χ3v) is 2.81. The number of hydrogen-bond acceptors (Lipinski definition) is 3. The summed E-state index contributed by atoms with van der Waals surface area (Å²) in [5.74, 6) is -4.83. The Balaban J connectivity index is 2.52. The van der Waals surface area contributed by atoms with Crippen LogP contribution in [0.2, 0.25) is 0 Å². The first-order valence-electron chi connectivity index (χ1n) is 6.01. The molecule has 112 valence electrons. The second kappa shape index (κ2) is 5.96. The highest BCUT2D eigenvalue weighted by atomic mass is 19.1. The summed E-state index contributed by atoms with van der Waals surface area (Å²) in [5.41, 5.74) is -0.805. The number of rotatable bonds is 5. The van der Waals surface area contributed by atoms with Gasteiger partial charge in [-0.2, -0.15) is 5.10 Å². The van der Waals surface area contributed by atoms with Crippen molar-refractivity contribution in [3.63, 3.8) is 0 Å². The van der Waals surface area contributed by atoms with Gasteiger partial charge in [0.15, 0.2) is 17.3 Å². The van der Waals surface area contributed by atoms with Crippen LogP contribution in [-0.2, 0) is 6.42 Å². The van der Waals surface area contributed by atoms with Gasteiger partial charge < -0.3 is 10.2 Å². The first-order chi connectivity index (χ1) is 9.93. The van der Waals surface area contributed by atoms with Crippen LogP contribution < -0.4 is 0 Å². The summed E-state index contributed by atoms with van der Waals surface area (Å²) in [5, 5.41) is 21.4. The normalized spacial score (nSPS) is 10.9. The second-order valence-corrected chi connectivity index (χ2v) is 4.30. The molecule has 1 aromatic heterocycles. The van der Waals surface area contributed by atoms with Gasteiger partial charge in [-0.25, -0.2) is 22.6 Å². The number of carbonyl (C=O) groups is 1. The molecule has 2 rings (SSSR count). The molecule has 0 amide bonds. The predicted octanol–water partition coefficient (Wildman–Crippen LogP) is 1.91. The largest absolute Gasteiger partial charge is 0.476 e. The van der Waals surface area contributed by atoms with Crippen LogP contribution in [0.25, 0.3) is 5.69 Å². The molecule has 8 heteroatoms. The Kier molecular flexibility index (Phi) is 4.27. The van der Waals surface area contributed by atoms with Gasteiger partial charge in [0.1, 0.15) is 11.5 Å². The number of nitrogens with zero attached hydrogens (tertiary/aromatic N) is 2. The van der Waals surface area contributed by atoms with Crippen molar-refractivity contribution in [2.75, 3.05) is 6.61 Å². The molecule has 21 heavy (non-hydrogen) atoms. The Hall–Kier alpha value is -2.35. The molecule has 0 saturated heterocycles. The quantitative estimate of drug-likeness (QED) is 0.884. The highest BCUT2D eigenvalue weighted by Gasteiger charge is 2.20. The molecule has 0 aliphatic rings. The minimum atomic E-state index is -1.36. The average molecular weight is 300 g/mol. The molecule has 0 unspecified atom stereocenters. The van der Waals surface area contributed by atoms with Crippen LogP contribution in [0.3, 0.4) is 0 Å². The standard InChI is InChI=1S/C13H11F3N2O3/c14-8-4-9(15)12(10(16)5-8)18-6-7(2-1-3-19)11(17-18)13(20)21/h4-6,19H,1-3H2,(H,20,21). The number of aliphatic hydroxyl groups is 1. The van der Waals surface area contributed by atoms with Gasteiger partial charge in [-0.3, -0.25) is 0 Å². The van der Waals surface area contributed by atoms with Crippen molar-refractivity contribution in [3.05, 3.63) is 47.0 Å². The number of aromatic carboxylic acids is 1. The number of aryl methyl sites for hydroxylation is 1. The molecule has 0 radical (unpaired) electrons. The van der Waals surface area contributed by atoms with Crippen molar-refractivity contribution < 1.29 is 28.2 Å². The van der Waals surface area contributed by atoms with Gasteiger partial charge in [0.2, 0.25) is 0 Å². The maximum Gasteiger partial charge on any atom is 0.356 e. The summed E-state index contributed by atoms with van der Waals surface area (Å²) >= 11 is 0. The van der Waals surface area contributed by atoms with Crippen molar-refractivity contribution in [1.29, 1.82) is 0 Å². The van der Waals surface area contributed by atoms with Crippen LogP contribution in [-0.4, -0.2) is 32.6 Å². The second-order valence-electron chi connectivity index (χ2n) is 4.30. The average Bonchev–Trinajstić information content (AvgIpc) is 2.79.